The van der Waals surface area contributed by atoms with Crippen LogP contribution in [0.15, 0.2) is 53.4 Å². The van der Waals surface area contributed by atoms with Crippen molar-refractivity contribution in [1.29, 1.82) is 0 Å². The van der Waals surface area contributed by atoms with Crippen LogP contribution in [-0.2, 0) is 26.2 Å². The van der Waals surface area contributed by atoms with E-state index >= 15 is 0 Å². The van der Waals surface area contributed by atoms with Gasteiger partial charge in [0.1, 0.15) is 11.6 Å². The Hall–Kier alpha value is -2.98. The molecule has 0 saturated carbocycles. The van der Waals surface area contributed by atoms with Crippen molar-refractivity contribution in [2.75, 3.05) is 26.7 Å². The van der Waals surface area contributed by atoms with Gasteiger partial charge in [-0.05, 0) is 54.8 Å². The Morgan fingerprint density at radius 1 is 1.15 bits per heavy atom. The Kier molecular flexibility index (Phi) is 8.40. The molecule has 0 aliphatic carbocycles. The van der Waals surface area contributed by atoms with E-state index < -0.39 is 21.8 Å². The number of carbonyl (C=O) groups is 2. The second-order valence-corrected chi connectivity index (χ2v) is 9.76. The molecule has 8 nitrogen and oxygen atoms in total. The van der Waals surface area contributed by atoms with E-state index in [2.05, 4.69) is 10.6 Å². The second-order valence-electron chi connectivity index (χ2n) is 7.83. The van der Waals surface area contributed by atoms with Crippen molar-refractivity contribution in [3.63, 3.8) is 0 Å². The first-order valence-electron chi connectivity index (χ1n) is 10.7. The van der Waals surface area contributed by atoms with Crippen LogP contribution in [0.25, 0.3) is 0 Å². The molecular formula is C23H28FN3O5S. The van der Waals surface area contributed by atoms with Crippen LogP contribution in [0.2, 0.25) is 0 Å². The lowest BCUT2D eigenvalue weighted by atomic mass is 9.99. The molecule has 1 heterocycles. The molecule has 2 amide bonds. The van der Waals surface area contributed by atoms with Gasteiger partial charge >= 0.3 is 0 Å². The van der Waals surface area contributed by atoms with Gasteiger partial charge in [0.25, 0.3) is 0 Å². The fourth-order valence-corrected chi connectivity index (χ4v) is 5.17. The van der Waals surface area contributed by atoms with Crippen LogP contribution in [0.4, 0.5) is 4.39 Å². The molecule has 0 radical (unpaired) electrons. The van der Waals surface area contributed by atoms with E-state index in [1.54, 1.807) is 7.11 Å². The lowest BCUT2D eigenvalue weighted by Gasteiger charge is -2.31. The van der Waals surface area contributed by atoms with Crippen LogP contribution in [0.5, 0.6) is 5.75 Å². The van der Waals surface area contributed by atoms with E-state index in [-0.39, 0.29) is 36.2 Å². The van der Waals surface area contributed by atoms with Crippen LogP contribution in [0.1, 0.15) is 24.8 Å². The summed E-state index contributed by atoms with van der Waals surface area (Å²) in [5.74, 6) is -0.806. The first kappa shape index (κ1) is 24.7. The predicted molar refractivity (Wildman–Crippen MR) is 120 cm³/mol. The van der Waals surface area contributed by atoms with Crippen molar-refractivity contribution in [2.45, 2.75) is 30.7 Å². The molecule has 33 heavy (non-hydrogen) atoms. The fraction of sp³-hybridized carbons (Fsp3) is 0.391. The minimum atomic E-state index is -3.80. The van der Waals surface area contributed by atoms with Gasteiger partial charge in [-0.15, -0.1) is 0 Å². The average molecular weight is 478 g/mol. The zero-order valence-electron chi connectivity index (χ0n) is 18.4. The number of benzene rings is 2. The molecule has 1 aliphatic heterocycles. The molecule has 2 aromatic carbocycles. The molecule has 1 aliphatic rings. The lowest BCUT2D eigenvalue weighted by molar-refractivity contribution is -0.126. The number of nitrogens with one attached hydrogen (secondary N) is 2. The van der Waals surface area contributed by atoms with Crippen LogP contribution >= 0.6 is 0 Å². The van der Waals surface area contributed by atoms with Crippen LogP contribution < -0.4 is 15.4 Å². The molecule has 178 valence electrons. The Morgan fingerprint density at radius 3 is 2.64 bits per heavy atom. The van der Waals surface area contributed by atoms with Crippen molar-refractivity contribution in [3.8, 4) is 5.75 Å². The molecule has 3 rings (SSSR count). The number of carbonyl (C=O) groups excluding carboxylic acids is 2. The summed E-state index contributed by atoms with van der Waals surface area (Å²) in [6, 6.07) is 12.0. The number of sulfonamides is 1. The molecule has 2 aromatic rings. The first-order valence-corrected chi connectivity index (χ1v) is 12.2. The van der Waals surface area contributed by atoms with Crippen molar-refractivity contribution in [1.82, 2.24) is 14.9 Å². The van der Waals surface area contributed by atoms with Gasteiger partial charge in [0.05, 0.1) is 17.9 Å². The lowest BCUT2D eigenvalue weighted by Crippen LogP contribution is -2.45. The number of rotatable bonds is 9. The maximum Gasteiger partial charge on any atom is 0.243 e. The van der Waals surface area contributed by atoms with E-state index in [9.17, 15) is 22.4 Å². The van der Waals surface area contributed by atoms with E-state index in [1.165, 1.54) is 16.4 Å². The summed E-state index contributed by atoms with van der Waals surface area (Å²) in [6.45, 7) is 0.858. The number of hydrogen-bond acceptors (Lipinski definition) is 5. The quantitative estimate of drug-likeness (QED) is 0.575. The smallest absolute Gasteiger partial charge is 0.243 e. The minimum absolute atomic E-state index is 0.00216. The number of nitrogens with zero attached hydrogens (tertiary/aromatic N) is 1. The molecule has 2 N–H and O–H groups in total. The highest BCUT2D eigenvalue weighted by atomic mass is 32.2. The van der Waals surface area contributed by atoms with Crippen molar-refractivity contribution >= 4 is 21.8 Å². The molecule has 0 aromatic heterocycles. The fourth-order valence-electron chi connectivity index (χ4n) is 3.65. The van der Waals surface area contributed by atoms with Gasteiger partial charge in [-0.25, -0.2) is 12.8 Å². The topological polar surface area (TPSA) is 105 Å². The van der Waals surface area contributed by atoms with E-state index in [0.29, 0.717) is 31.7 Å². The molecule has 1 unspecified atom stereocenters. The van der Waals surface area contributed by atoms with Gasteiger partial charge in [-0.1, -0.05) is 12.1 Å². The summed E-state index contributed by atoms with van der Waals surface area (Å²) < 4.78 is 45.2. The highest BCUT2D eigenvalue weighted by molar-refractivity contribution is 7.89. The number of methoxy groups -OCH3 is 1. The maximum atomic E-state index is 13.1. The predicted octanol–water partition coefficient (Wildman–Crippen LogP) is 2.06. The van der Waals surface area contributed by atoms with Gasteiger partial charge in [-0.3, -0.25) is 9.59 Å². The zero-order valence-corrected chi connectivity index (χ0v) is 19.2. The number of amides is 2. The third-order valence-corrected chi connectivity index (χ3v) is 7.36. The third-order valence-electron chi connectivity index (χ3n) is 5.48. The van der Waals surface area contributed by atoms with Crippen LogP contribution in [0.3, 0.4) is 0 Å². The highest BCUT2D eigenvalue weighted by Gasteiger charge is 2.33. The summed E-state index contributed by atoms with van der Waals surface area (Å²) >= 11 is 0. The molecule has 0 bridgehead atoms. The number of hydrogen-bond donors (Lipinski definition) is 2. The van der Waals surface area contributed by atoms with Crippen LogP contribution in [-0.4, -0.2) is 51.3 Å². The average Bonchev–Trinajstić information content (AvgIpc) is 2.83. The molecule has 1 saturated heterocycles. The summed E-state index contributed by atoms with van der Waals surface area (Å²) in [6.07, 6.45) is 1.21. The Bertz CT molecular complexity index is 1080. The van der Waals surface area contributed by atoms with Crippen molar-refractivity contribution in [2.24, 2.45) is 5.92 Å². The largest absolute Gasteiger partial charge is 0.497 e. The third kappa shape index (κ3) is 6.75. The van der Waals surface area contributed by atoms with Gasteiger partial charge < -0.3 is 15.4 Å². The summed E-state index contributed by atoms with van der Waals surface area (Å²) in [4.78, 5) is 24.6. The Labute approximate surface area is 193 Å². The molecule has 0 spiro atoms. The van der Waals surface area contributed by atoms with Gasteiger partial charge in [0.2, 0.25) is 21.8 Å². The standard InChI is InChI=1S/C23H28FN3O5S/c1-32-20-6-2-4-17(14-20)15-26-22(28)11-12-25-23(29)18-5-3-13-27(16-18)33(30,31)21-9-7-19(24)8-10-21/h2,4,6-10,14,18H,3,5,11-13,15-16H2,1H3,(H,25,29)(H,26,28). The molecule has 1 fully saturated rings. The normalized spacial score (nSPS) is 16.7. The SMILES string of the molecule is COc1cccc(CNC(=O)CCNC(=O)C2CCCN(S(=O)(=O)c3ccc(F)cc3)C2)c1. The Morgan fingerprint density at radius 2 is 1.91 bits per heavy atom. The summed E-state index contributed by atoms with van der Waals surface area (Å²) in [5.41, 5.74) is 0.899. The van der Waals surface area contributed by atoms with E-state index in [0.717, 1.165) is 17.7 Å². The summed E-state index contributed by atoms with van der Waals surface area (Å²) in [5, 5.41) is 5.52. The monoisotopic (exact) mass is 477 g/mol. The van der Waals surface area contributed by atoms with E-state index in [4.69, 9.17) is 4.74 Å². The second kappa shape index (κ2) is 11.2. The molecular weight excluding hydrogens is 449 g/mol. The van der Waals surface area contributed by atoms with E-state index in [1.807, 2.05) is 24.3 Å². The van der Waals surface area contributed by atoms with Crippen LogP contribution in [0, 0.1) is 11.7 Å². The molecule has 1 atom stereocenters. The van der Waals surface area contributed by atoms with Gasteiger partial charge in [0.15, 0.2) is 0 Å². The number of halogens is 1. The zero-order chi connectivity index (χ0) is 23.8. The maximum absolute atomic E-state index is 13.1. The minimum Gasteiger partial charge on any atom is -0.497 e. The number of ether oxygens (including phenoxy) is 1. The van der Waals surface area contributed by atoms with Gasteiger partial charge in [0, 0.05) is 32.6 Å². The highest BCUT2D eigenvalue weighted by Crippen LogP contribution is 2.24. The van der Waals surface area contributed by atoms with Gasteiger partial charge in [-0.2, -0.15) is 4.31 Å². The Balaban J connectivity index is 1.45. The molecule has 10 heteroatoms. The number of piperidine rings is 1. The van der Waals surface area contributed by atoms with Crippen molar-refractivity contribution in [3.05, 3.63) is 59.9 Å². The summed E-state index contributed by atoms with van der Waals surface area (Å²) in [7, 11) is -2.23. The van der Waals surface area contributed by atoms with Crippen molar-refractivity contribution < 1.29 is 27.1 Å². The first-order chi connectivity index (χ1) is 15.8.